The van der Waals surface area contributed by atoms with Crippen LogP contribution in [0.4, 0.5) is 14.5 Å². The zero-order chi connectivity index (χ0) is 15.9. The van der Waals surface area contributed by atoms with Crippen molar-refractivity contribution in [2.45, 2.75) is 19.9 Å². The minimum absolute atomic E-state index is 0.0315. The highest BCUT2D eigenvalue weighted by Crippen LogP contribution is 2.39. The number of rotatable bonds is 2. The van der Waals surface area contributed by atoms with Gasteiger partial charge in [0.25, 0.3) is 0 Å². The normalized spacial score (nSPS) is 14.0. The molecule has 0 radical (unpaired) electrons. The van der Waals surface area contributed by atoms with E-state index in [2.05, 4.69) is 9.97 Å². The van der Waals surface area contributed by atoms with Crippen LogP contribution in [0.2, 0.25) is 5.28 Å². The van der Waals surface area contributed by atoms with Crippen molar-refractivity contribution in [1.29, 1.82) is 0 Å². The number of halogens is 3. The lowest BCUT2D eigenvalue weighted by molar-refractivity contribution is 0.287. The maximum absolute atomic E-state index is 14.3. The number of aromatic nitrogens is 2. The van der Waals surface area contributed by atoms with Gasteiger partial charge in [0, 0.05) is 11.6 Å². The first-order chi connectivity index (χ1) is 10.5. The van der Waals surface area contributed by atoms with Crippen LogP contribution >= 0.6 is 11.6 Å². The number of ether oxygens (including phenoxy) is 1. The summed E-state index contributed by atoms with van der Waals surface area (Å²) in [6.07, 6.45) is 0.971. The predicted octanol–water partition coefficient (Wildman–Crippen LogP) is 3.68. The summed E-state index contributed by atoms with van der Waals surface area (Å²) in [4.78, 5) is 9.43. The predicted molar refractivity (Wildman–Crippen MR) is 80.4 cm³/mol. The molecule has 1 aromatic heterocycles. The molecule has 0 spiro atoms. The fourth-order valence-corrected chi connectivity index (χ4v) is 2.66. The summed E-state index contributed by atoms with van der Waals surface area (Å²) >= 11 is 5.71. The molecule has 0 saturated carbocycles. The van der Waals surface area contributed by atoms with Crippen LogP contribution in [-0.2, 0) is 0 Å². The Morgan fingerprint density at radius 1 is 1.27 bits per heavy atom. The number of nitrogens with zero attached hydrogens (tertiary/aromatic N) is 3. The van der Waals surface area contributed by atoms with Crippen LogP contribution in [0.25, 0.3) is 11.3 Å². The zero-order valence-corrected chi connectivity index (χ0v) is 12.9. The van der Waals surface area contributed by atoms with Crippen molar-refractivity contribution < 1.29 is 13.5 Å². The third-order valence-corrected chi connectivity index (χ3v) is 3.71. The van der Waals surface area contributed by atoms with Crippen molar-refractivity contribution in [1.82, 2.24) is 9.97 Å². The molecule has 116 valence electrons. The lowest BCUT2D eigenvalue weighted by Crippen LogP contribution is -2.38. The highest BCUT2D eigenvalue weighted by molar-refractivity contribution is 6.28. The monoisotopic (exact) mass is 325 g/mol. The average Bonchev–Trinajstić information content (AvgIpc) is 2.49. The molecule has 7 heteroatoms. The van der Waals surface area contributed by atoms with Crippen LogP contribution in [0.1, 0.15) is 13.8 Å². The van der Waals surface area contributed by atoms with Crippen LogP contribution in [0.15, 0.2) is 18.3 Å². The summed E-state index contributed by atoms with van der Waals surface area (Å²) < 4.78 is 33.7. The zero-order valence-electron chi connectivity index (χ0n) is 12.1. The molecule has 2 aromatic rings. The summed E-state index contributed by atoms with van der Waals surface area (Å²) in [5.41, 5.74) is 0.857. The number of hydrogen-bond donors (Lipinski definition) is 0. The Morgan fingerprint density at radius 3 is 2.77 bits per heavy atom. The number of benzene rings is 1. The van der Waals surface area contributed by atoms with E-state index in [0.717, 1.165) is 6.20 Å². The summed E-state index contributed by atoms with van der Waals surface area (Å²) in [6.45, 7) is 5.05. The average molecular weight is 326 g/mol. The van der Waals surface area contributed by atoms with Crippen molar-refractivity contribution in [3.63, 3.8) is 0 Å². The van der Waals surface area contributed by atoms with Crippen LogP contribution in [0, 0.1) is 11.6 Å². The Hall–Kier alpha value is -1.95. The van der Waals surface area contributed by atoms with Gasteiger partial charge in [-0.3, -0.25) is 0 Å². The second-order valence-corrected chi connectivity index (χ2v) is 5.62. The van der Waals surface area contributed by atoms with E-state index in [1.807, 2.05) is 18.7 Å². The van der Waals surface area contributed by atoms with Gasteiger partial charge in [-0.15, -0.1) is 0 Å². The van der Waals surface area contributed by atoms with Gasteiger partial charge in [0.2, 0.25) is 5.28 Å². The largest absolute Gasteiger partial charge is 0.486 e. The van der Waals surface area contributed by atoms with Crippen LogP contribution < -0.4 is 9.64 Å². The molecule has 1 aromatic carbocycles. The third-order valence-electron chi connectivity index (χ3n) is 3.52. The molecule has 0 N–H and O–H groups in total. The molecular formula is C15H14ClF2N3O. The second kappa shape index (κ2) is 5.68. The standard InChI is InChI=1S/C15H14ClF2N3O/c1-8(2)21-3-4-22-14-10(17)5-9(6-12(14)21)13-11(18)7-19-15(16)20-13/h5-8H,3-4H2,1-2H3. The summed E-state index contributed by atoms with van der Waals surface area (Å²) in [5, 5.41) is -0.0912. The minimum atomic E-state index is -0.656. The van der Waals surface area contributed by atoms with Gasteiger partial charge in [0.1, 0.15) is 12.3 Å². The van der Waals surface area contributed by atoms with E-state index in [9.17, 15) is 8.78 Å². The molecule has 3 rings (SSSR count). The van der Waals surface area contributed by atoms with Crippen molar-refractivity contribution in [2.75, 3.05) is 18.1 Å². The van der Waals surface area contributed by atoms with E-state index < -0.39 is 11.6 Å². The first-order valence-corrected chi connectivity index (χ1v) is 7.26. The Bertz CT molecular complexity index is 724. The van der Waals surface area contributed by atoms with Crippen LogP contribution in [0.3, 0.4) is 0 Å². The second-order valence-electron chi connectivity index (χ2n) is 5.28. The fourth-order valence-electron chi connectivity index (χ4n) is 2.52. The van der Waals surface area contributed by atoms with Gasteiger partial charge in [-0.25, -0.2) is 18.7 Å². The Morgan fingerprint density at radius 2 is 2.05 bits per heavy atom. The topological polar surface area (TPSA) is 38.2 Å². The van der Waals surface area contributed by atoms with Crippen LogP contribution in [0.5, 0.6) is 5.75 Å². The molecule has 0 amide bonds. The lowest BCUT2D eigenvalue weighted by atomic mass is 10.1. The van der Waals surface area contributed by atoms with Crippen molar-refractivity contribution in [3.8, 4) is 17.0 Å². The third kappa shape index (κ3) is 2.59. The molecule has 4 nitrogen and oxygen atoms in total. The van der Waals surface area contributed by atoms with E-state index in [1.165, 1.54) is 6.07 Å². The van der Waals surface area contributed by atoms with Gasteiger partial charge in [0.05, 0.1) is 18.4 Å². The SMILES string of the molecule is CC(C)N1CCOc2c(F)cc(-c3nc(Cl)ncc3F)cc21. The van der Waals surface area contributed by atoms with Gasteiger partial charge in [-0.2, -0.15) is 0 Å². The number of fused-ring (bicyclic) bond motifs is 1. The van der Waals surface area contributed by atoms with Crippen molar-refractivity contribution in [2.24, 2.45) is 0 Å². The molecule has 0 bridgehead atoms. The molecular weight excluding hydrogens is 312 g/mol. The Balaban J connectivity index is 2.17. The van der Waals surface area contributed by atoms with Crippen molar-refractivity contribution in [3.05, 3.63) is 35.2 Å². The quantitative estimate of drug-likeness (QED) is 0.789. The highest BCUT2D eigenvalue weighted by atomic mass is 35.5. The van der Waals surface area contributed by atoms with E-state index in [1.54, 1.807) is 6.07 Å². The van der Waals surface area contributed by atoms with Crippen LogP contribution in [-0.4, -0.2) is 29.2 Å². The smallest absolute Gasteiger partial charge is 0.223 e. The van der Waals surface area contributed by atoms with E-state index in [-0.39, 0.29) is 22.8 Å². The summed E-state index contributed by atoms with van der Waals surface area (Å²) in [7, 11) is 0. The lowest BCUT2D eigenvalue weighted by Gasteiger charge is -2.34. The van der Waals surface area contributed by atoms with Gasteiger partial charge < -0.3 is 9.64 Å². The maximum atomic E-state index is 14.3. The minimum Gasteiger partial charge on any atom is -0.486 e. The van der Waals surface area contributed by atoms with Crippen molar-refractivity contribution >= 4 is 17.3 Å². The van der Waals surface area contributed by atoms with E-state index in [0.29, 0.717) is 24.4 Å². The molecule has 0 aliphatic carbocycles. The highest BCUT2D eigenvalue weighted by Gasteiger charge is 2.25. The molecule has 0 unspecified atom stereocenters. The Kier molecular flexibility index (Phi) is 3.87. The molecule has 2 heterocycles. The molecule has 0 atom stereocenters. The molecule has 0 fully saturated rings. The summed E-state index contributed by atoms with van der Waals surface area (Å²) in [5.74, 6) is -1.02. The van der Waals surface area contributed by atoms with Gasteiger partial charge in [0.15, 0.2) is 17.4 Å². The maximum Gasteiger partial charge on any atom is 0.223 e. The molecule has 1 aliphatic heterocycles. The first kappa shape index (κ1) is 15.0. The van der Waals surface area contributed by atoms with E-state index >= 15 is 0 Å². The Labute approximate surface area is 131 Å². The number of anilines is 1. The van der Waals surface area contributed by atoms with Gasteiger partial charge >= 0.3 is 0 Å². The van der Waals surface area contributed by atoms with Gasteiger partial charge in [-0.1, -0.05) is 0 Å². The molecule has 0 saturated heterocycles. The fraction of sp³-hybridized carbons (Fsp3) is 0.333. The van der Waals surface area contributed by atoms with E-state index in [4.69, 9.17) is 16.3 Å². The van der Waals surface area contributed by atoms with Gasteiger partial charge in [-0.05, 0) is 37.6 Å². The molecule has 22 heavy (non-hydrogen) atoms. The summed E-state index contributed by atoms with van der Waals surface area (Å²) in [6, 6.07) is 3.03. The number of hydrogen-bond acceptors (Lipinski definition) is 4. The molecule has 1 aliphatic rings. The first-order valence-electron chi connectivity index (χ1n) is 6.88.